The summed E-state index contributed by atoms with van der Waals surface area (Å²) in [5.74, 6) is -0.517. The smallest absolute Gasteiger partial charge is 0.291 e. The average molecular weight is 211 g/mol. The number of hydrogen-bond donors (Lipinski definition) is 1. The molecule has 0 aliphatic heterocycles. The van der Waals surface area contributed by atoms with Crippen molar-refractivity contribution >= 4 is 11.6 Å². The van der Waals surface area contributed by atoms with E-state index in [4.69, 9.17) is 10.5 Å². The van der Waals surface area contributed by atoms with E-state index in [-0.39, 0.29) is 11.4 Å². The lowest BCUT2D eigenvalue weighted by Crippen LogP contribution is -2.30. The van der Waals surface area contributed by atoms with Crippen LogP contribution in [-0.2, 0) is 4.79 Å². The molecule has 0 saturated carbocycles. The highest BCUT2D eigenvalue weighted by molar-refractivity contribution is 5.78. The fourth-order valence-corrected chi connectivity index (χ4v) is 0.834. The number of aromatic nitrogens is 1. The summed E-state index contributed by atoms with van der Waals surface area (Å²) in [5.41, 5.74) is 4.76. The number of nitrogens with two attached hydrogens (primary N) is 1. The summed E-state index contributed by atoms with van der Waals surface area (Å²) in [6, 6.07) is 1.17. The standard InChI is InChI=1S/C8H9N3O4/c1-5(8(9)12)15-7-2-6(11(13)14)3-10-4-7/h2-5H,1H3,(H2,9,12). The lowest BCUT2D eigenvalue weighted by molar-refractivity contribution is -0.385. The number of carbonyl (C=O) groups is 1. The van der Waals surface area contributed by atoms with Gasteiger partial charge in [-0.2, -0.15) is 0 Å². The van der Waals surface area contributed by atoms with Gasteiger partial charge in [-0.3, -0.25) is 19.9 Å². The van der Waals surface area contributed by atoms with Crippen molar-refractivity contribution in [3.05, 3.63) is 28.6 Å². The zero-order valence-electron chi connectivity index (χ0n) is 7.91. The molecule has 2 N–H and O–H groups in total. The van der Waals surface area contributed by atoms with Gasteiger partial charge in [0.15, 0.2) is 6.10 Å². The lowest BCUT2D eigenvalue weighted by atomic mass is 10.3. The molecule has 1 unspecified atom stereocenters. The molecule has 0 aromatic carbocycles. The second-order valence-electron chi connectivity index (χ2n) is 2.80. The van der Waals surface area contributed by atoms with Gasteiger partial charge in [0.05, 0.1) is 17.2 Å². The summed E-state index contributed by atoms with van der Waals surface area (Å²) in [6.07, 6.45) is 1.50. The van der Waals surface area contributed by atoms with Gasteiger partial charge < -0.3 is 10.5 Å². The van der Waals surface area contributed by atoms with Crippen LogP contribution in [-0.4, -0.2) is 21.9 Å². The van der Waals surface area contributed by atoms with Crippen LogP contribution in [0.2, 0.25) is 0 Å². The van der Waals surface area contributed by atoms with E-state index >= 15 is 0 Å². The van der Waals surface area contributed by atoms with Crippen LogP contribution in [0.15, 0.2) is 18.5 Å². The topological polar surface area (TPSA) is 108 Å². The van der Waals surface area contributed by atoms with Crippen molar-refractivity contribution in [1.82, 2.24) is 4.98 Å². The molecule has 1 aromatic rings. The molecule has 1 aromatic heterocycles. The minimum Gasteiger partial charge on any atom is -0.479 e. The third kappa shape index (κ3) is 2.90. The molecule has 1 rings (SSSR count). The van der Waals surface area contributed by atoms with Crippen LogP contribution in [0, 0.1) is 10.1 Å². The quantitative estimate of drug-likeness (QED) is 0.566. The van der Waals surface area contributed by atoms with Gasteiger partial charge >= 0.3 is 0 Å². The number of nitrogens with zero attached hydrogens (tertiary/aromatic N) is 2. The number of nitro groups is 1. The Bertz CT molecular complexity index is 393. The van der Waals surface area contributed by atoms with Crippen LogP contribution in [0.5, 0.6) is 5.75 Å². The third-order valence-corrected chi connectivity index (χ3v) is 1.62. The van der Waals surface area contributed by atoms with Gasteiger partial charge in [0.25, 0.3) is 11.6 Å². The van der Waals surface area contributed by atoms with Gasteiger partial charge in [-0.15, -0.1) is 0 Å². The number of amides is 1. The summed E-state index contributed by atoms with van der Waals surface area (Å²) in [5, 5.41) is 10.4. The van der Waals surface area contributed by atoms with Gasteiger partial charge in [0.2, 0.25) is 0 Å². The molecule has 0 bridgehead atoms. The van der Waals surface area contributed by atoms with Gasteiger partial charge in [0.1, 0.15) is 11.9 Å². The number of rotatable bonds is 4. The maximum absolute atomic E-state index is 10.7. The maximum atomic E-state index is 10.7. The van der Waals surface area contributed by atoms with E-state index in [1.807, 2.05) is 0 Å². The first kappa shape index (κ1) is 10.9. The number of primary amides is 1. The first-order valence-corrected chi connectivity index (χ1v) is 4.06. The summed E-state index contributed by atoms with van der Waals surface area (Å²) < 4.78 is 5.03. The van der Waals surface area contributed by atoms with Gasteiger partial charge in [-0.25, -0.2) is 0 Å². The highest BCUT2D eigenvalue weighted by Gasteiger charge is 2.13. The Hall–Kier alpha value is -2.18. The van der Waals surface area contributed by atoms with Crippen LogP contribution >= 0.6 is 0 Å². The third-order valence-electron chi connectivity index (χ3n) is 1.62. The van der Waals surface area contributed by atoms with Gasteiger partial charge in [-0.1, -0.05) is 0 Å². The number of ether oxygens (including phenoxy) is 1. The summed E-state index contributed by atoms with van der Waals surface area (Å²) in [7, 11) is 0. The Morgan fingerprint density at radius 3 is 2.87 bits per heavy atom. The Balaban J connectivity index is 2.82. The van der Waals surface area contributed by atoms with Crippen LogP contribution in [0.25, 0.3) is 0 Å². The molecule has 0 spiro atoms. The molecule has 0 saturated heterocycles. The highest BCUT2D eigenvalue weighted by atomic mass is 16.6. The van der Waals surface area contributed by atoms with E-state index in [2.05, 4.69) is 4.98 Å². The number of hydrogen-bond acceptors (Lipinski definition) is 5. The minimum atomic E-state index is -0.853. The van der Waals surface area contributed by atoms with Gasteiger partial charge in [-0.05, 0) is 6.92 Å². The molecule has 7 nitrogen and oxygen atoms in total. The van der Waals surface area contributed by atoms with E-state index in [1.54, 1.807) is 0 Å². The average Bonchev–Trinajstić information content (AvgIpc) is 2.18. The van der Waals surface area contributed by atoms with Crippen molar-refractivity contribution in [3.8, 4) is 5.75 Å². The summed E-state index contributed by atoms with van der Waals surface area (Å²) >= 11 is 0. The highest BCUT2D eigenvalue weighted by Crippen LogP contribution is 2.17. The van der Waals surface area contributed by atoms with Crippen molar-refractivity contribution in [2.45, 2.75) is 13.0 Å². The summed E-state index contributed by atoms with van der Waals surface area (Å²) in [6.45, 7) is 1.45. The van der Waals surface area contributed by atoms with E-state index < -0.39 is 16.9 Å². The minimum absolute atomic E-state index is 0.135. The van der Waals surface area contributed by atoms with Crippen molar-refractivity contribution in [1.29, 1.82) is 0 Å². The molecule has 1 heterocycles. The van der Waals surface area contributed by atoms with Crippen LogP contribution in [0.4, 0.5) is 5.69 Å². The second-order valence-corrected chi connectivity index (χ2v) is 2.80. The molecule has 0 aliphatic carbocycles. The van der Waals surface area contributed by atoms with E-state index in [0.29, 0.717) is 0 Å². The monoisotopic (exact) mass is 211 g/mol. The Kier molecular flexibility index (Phi) is 3.17. The van der Waals surface area contributed by atoms with Crippen molar-refractivity contribution in [3.63, 3.8) is 0 Å². The molecular formula is C8H9N3O4. The van der Waals surface area contributed by atoms with Crippen molar-refractivity contribution in [2.24, 2.45) is 5.73 Å². The van der Waals surface area contributed by atoms with E-state index in [9.17, 15) is 14.9 Å². The fourth-order valence-electron chi connectivity index (χ4n) is 0.834. The van der Waals surface area contributed by atoms with Crippen LogP contribution in [0.3, 0.4) is 0 Å². The van der Waals surface area contributed by atoms with Crippen molar-refractivity contribution < 1.29 is 14.5 Å². The fraction of sp³-hybridized carbons (Fsp3) is 0.250. The van der Waals surface area contributed by atoms with Gasteiger partial charge in [0, 0.05) is 0 Å². The molecule has 80 valence electrons. The first-order valence-electron chi connectivity index (χ1n) is 4.06. The largest absolute Gasteiger partial charge is 0.479 e. The molecule has 0 fully saturated rings. The Morgan fingerprint density at radius 2 is 2.33 bits per heavy atom. The zero-order chi connectivity index (χ0) is 11.4. The van der Waals surface area contributed by atoms with E-state index in [0.717, 1.165) is 6.20 Å². The molecule has 0 radical (unpaired) electrons. The van der Waals surface area contributed by atoms with Crippen molar-refractivity contribution in [2.75, 3.05) is 0 Å². The lowest BCUT2D eigenvalue weighted by Gasteiger charge is -2.09. The normalized spacial score (nSPS) is 11.8. The Morgan fingerprint density at radius 1 is 1.67 bits per heavy atom. The molecule has 15 heavy (non-hydrogen) atoms. The predicted octanol–water partition coefficient (Wildman–Crippen LogP) is 0.242. The molecule has 0 aliphatic rings. The van der Waals surface area contributed by atoms with Crippen LogP contribution < -0.4 is 10.5 Å². The van der Waals surface area contributed by atoms with E-state index in [1.165, 1.54) is 19.2 Å². The maximum Gasteiger partial charge on any atom is 0.291 e. The molecule has 1 atom stereocenters. The molecular weight excluding hydrogens is 202 g/mol. The number of pyridine rings is 1. The first-order chi connectivity index (χ1) is 7.00. The number of carbonyl (C=O) groups excluding carboxylic acids is 1. The zero-order valence-corrected chi connectivity index (χ0v) is 7.91. The van der Waals surface area contributed by atoms with Crippen LogP contribution in [0.1, 0.15) is 6.92 Å². The molecule has 1 amide bonds. The predicted molar refractivity (Wildman–Crippen MR) is 50.2 cm³/mol. The second kappa shape index (κ2) is 4.36. The molecule has 7 heteroatoms. The summed E-state index contributed by atoms with van der Waals surface area (Å²) in [4.78, 5) is 24.1. The Labute approximate surface area is 85.0 Å². The SMILES string of the molecule is CC(Oc1cncc([N+](=O)[O-])c1)C(N)=O.